The zero-order chi connectivity index (χ0) is 19.9. The van der Waals surface area contributed by atoms with Crippen molar-refractivity contribution in [3.8, 4) is 11.3 Å². The Hall–Kier alpha value is -2.43. The normalized spacial score (nSPS) is 15.3. The summed E-state index contributed by atoms with van der Waals surface area (Å²) in [6.45, 7) is 4.38. The highest BCUT2D eigenvalue weighted by molar-refractivity contribution is 6.33. The number of hydrogen-bond acceptors (Lipinski definition) is 4. The Bertz CT molecular complexity index is 890. The third-order valence-corrected chi connectivity index (χ3v) is 5.96. The van der Waals surface area contributed by atoms with Gasteiger partial charge >= 0.3 is 0 Å². The van der Waals surface area contributed by atoms with Gasteiger partial charge in [0.2, 0.25) is 0 Å². The molecule has 29 heavy (non-hydrogen) atoms. The highest BCUT2D eigenvalue weighted by Gasteiger charge is 2.19. The zero-order valence-electron chi connectivity index (χ0n) is 16.6. The minimum Gasteiger partial charge on any atom is -0.369 e. The van der Waals surface area contributed by atoms with E-state index in [0.717, 1.165) is 36.1 Å². The second-order valence-corrected chi connectivity index (χ2v) is 8.11. The van der Waals surface area contributed by atoms with Gasteiger partial charge < -0.3 is 5.32 Å². The Kier molecular flexibility index (Phi) is 6.75. The van der Waals surface area contributed by atoms with E-state index >= 15 is 0 Å². The van der Waals surface area contributed by atoms with Crippen LogP contribution in [0.3, 0.4) is 0 Å². The Morgan fingerprint density at radius 1 is 0.897 bits per heavy atom. The molecule has 1 N–H and O–H groups in total. The Labute approximate surface area is 177 Å². The molecule has 1 saturated heterocycles. The molecule has 0 radical (unpaired) electrons. The van der Waals surface area contributed by atoms with E-state index < -0.39 is 0 Å². The molecule has 0 aliphatic carbocycles. The fourth-order valence-corrected chi connectivity index (χ4v) is 4.15. The van der Waals surface area contributed by atoms with Gasteiger partial charge in [-0.15, -0.1) is 10.2 Å². The Balaban J connectivity index is 1.20. The van der Waals surface area contributed by atoms with Gasteiger partial charge in [-0.2, -0.15) is 0 Å². The van der Waals surface area contributed by atoms with Gasteiger partial charge in [0.25, 0.3) is 0 Å². The molecule has 0 unspecified atom stereocenters. The number of nitrogens with one attached hydrogen (secondary N) is 1. The van der Waals surface area contributed by atoms with Crippen molar-refractivity contribution in [2.24, 2.45) is 5.92 Å². The maximum Gasteiger partial charge on any atom is 0.148 e. The first-order valence-electron chi connectivity index (χ1n) is 10.4. The second-order valence-electron chi connectivity index (χ2n) is 7.70. The first-order valence-corrected chi connectivity index (χ1v) is 10.7. The number of halogens is 1. The molecule has 1 aliphatic rings. The van der Waals surface area contributed by atoms with Gasteiger partial charge in [0.1, 0.15) is 5.82 Å². The van der Waals surface area contributed by atoms with Gasteiger partial charge in [-0.3, -0.25) is 4.90 Å². The second kappa shape index (κ2) is 9.86. The number of anilines is 1. The molecule has 1 fully saturated rings. The lowest BCUT2D eigenvalue weighted by Crippen LogP contribution is -2.33. The van der Waals surface area contributed by atoms with E-state index in [1.165, 1.54) is 37.9 Å². The van der Waals surface area contributed by atoms with Crippen LogP contribution in [0.5, 0.6) is 0 Å². The first kappa shape index (κ1) is 19.9. The largest absolute Gasteiger partial charge is 0.369 e. The van der Waals surface area contributed by atoms with Crippen LogP contribution in [0, 0.1) is 5.92 Å². The summed E-state index contributed by atoms with van der Waals surface area (Å²) < 4.78 is 0. The van der Waals surface area contributed by atoms with E-state index in [9.17, 15) is 0 Å². The van der Waals surface area contributed by atoms with E-state index in [2.05, 4.69) is 50.7 Å². The van der Waals surface area contributed by atoms with E-state index in [1.54, 1.807) is 0 Å². The molecule has 5 heteroatoms. The molecule has 3 aromatic rings. The predicted octanol–water partition coefficient (Wildman–Crippen LogP) is 5.51. The van der Waals surface area contributed by atoms with Crippen LogP contribution in [-0.2, 0) is 6.54 Å². The minimum absolute atomic E-state index is 0.695. The average Bonchev–Trinajstić information content (AvgIpc) is 2.77. The molecule has 1 aromatic heterocycles. The molecule has 1 aliphatic heterocycles. The minimum atomic E-state index is 0.695. The van der Waals surface area contributed by atoms with Gasteiger partial charge in [0, 0.05) is 18.7 Å². The summed E-state index contributed by atoms with van der Waals surface area (Å²) in [7, 11) is 0. The van der Waals surface area contributed by atoms with Crippen molar-refractivity contribution in [2.45, 2.75) is 25.8 Å². The standard InChI is InChI=1S/C24H27ClN4/c25-22-9-5-4-8-21(22)23-10-11-24(28-27-23)26-15-12-19-13-16-29(17-14-19)18-20-6-2-1-3-7-20/h1-11,19H,12-18H2,(H,26,28). The van der Waals surface area contributed by atoms with Crippen LogP contribution in [-0.4, -0.2) is 34.7 Å². The first-order chi connectivity index (χ1) is 14.3. The maximum absolute atomic E-state index is 6.24. The number of piperidine rings is 1. The monoisotopic (exact) mass is 406 g/mol. The summed E-state index contributed by atoms with van der Waals surface area (Å²) in [5.41, 5.74) is 3.12. The number of hydrogen-bond donors (Lipinski definition) is 1. The van der Waals surface area contributed by atoms with Crippen LogP contribution in [0.15, 0.2) is 66.7 Å². The highest BCUT2D eigenvalue weighted by Crippen LogP contribution is 2.26. The van der Waals surface area contributed by atoms with Crippen molar-refractivity contribution in [3.05, 3.63) is 77.3 Å². The van der Waals surface area contributed by atoms with E-state index in [4.69, 9.17) is 11.6 Å². The molecule has 0 bridgehead atoms. The van der Waals surface area contributed by atoms with Crippen LogP contribution in [0.1, 0.15) is 24.8 Å². The molecule has 0 saturated carbocycles. The smallest absolute Gasteiger partial charge is 0.148 e. The summed E-state index contributed by atoms with van der Waals surface area (Å²) >= 11 is 6.24. The molecule has 4 nitrogen and oxygen atoms in total. The maximum atomic E-state index is 6.24. The fraction of sp³-hybridized carbons (Fsp3) is 0.333. The van der Waals surface area contributed by atoms with Gasteiger partial charge in [-0.1, -0.05) is 60.1 Å². The molecule has 0 amide bonds. The van der Waals surface area contributed by atoms with Crippen molar-refractivity contribution in [3.63, 3.8) is 0 Å². The molecule has 2 aromatic carbocycles. The van der Waals surface area contributed by atoms with E-state index in [-0.39, 0.29) is 0 Å². The third kappa shape index (κ3) is 5.55. The third-order valence-electron chi connectivity index (χ3n) is 5.63. The van der Waals surface area contributed by atoms with Crippen LogP contribution in [0.4, 0.5) is 5.82 Å². The van der Waals surface area contributed by atoms with Crippen LogP contribution in [0.2, 0.25) is 5.02 Å². The number of nitrogens with zero attached hydrogens (tertiary/aromatic N) is 3. The highest BCUT2D eigenvalue weighted by atomic mass is 35.5. The molecule has 0 spiro atoms. The van der Waals surface area contributed by atoms with E-state index in [1.807, 2.05) is 36.4 Å². The average molecular weight is 407 g/mol. The summed E-state index contributed by atoms with van der Waals surface area (Å²) in [5.74, 6) is 1.60. The lowest BCUT2D eigenvalue weighted by Gasteiger charge is -2.32. The molecular weight excluding hydrogens is 380 g/mol. The van der Waals surface area contributed by atoms with Gasteiger partial charge in [-0.25, -0.2) is 0 Å². The van der Waals surface area contributed by atoms with Gasteiger partial charge in [-0.05, 0) is 62.0 Å². The van der Waals surface area contributed by atoms with Gasteiger partial charge in [0.15, 0.2) is 0 Å². The predicted molar refractivity (Wildman–Crippen MR) is 120 cm³/mol. The lowest BCUT2D eigenvalue weighted by molar-refractivity contribution is 0.174. The molecule has 4 rings (SSSR count). The summed E-state index contributed by atoms with van der Waals surface area (Å²) in [4.78, 5) is 2.57. The van der Waals surface area contributed by atoms with Crippen molar-refractivity contribution < 1.29 is 0 Å². The fourth-order valence-electron chi connectivity index (χ4n) is 3.92. The number of likely N-dealkylation sites (tertiary alicyclic amines) is 1. The molecule has 2 heterocycles. The van der Waals surface area contributed by atoms with Crippen molar-refractivity contribution >= 4 is 17.4 Å². The van der Waals surface area contributed by atoms with Crippen molar-refractivity contribution in [1.82, 2.24) is 15.1 Å². The Morgan fingerprint density at radius 2 is 1.66 bits per heavy atom. The van der Waals surface area contributed by atoms with Crippen LogP contribution >= 0.6 is 11.6 Å². The summed E-state index contributed by atoms with van der Waals surface area (Å²) in [5, 5.41) is 12.7. The topological polar surface area (TPSA) is 41.0 Å². The SMILES string of the molecule is Clc1ccccc1-c1ccc(NCCC2CCN(Cc3ccccc3)CC2)nn1. The van der Waals surface area contributed by atoms with Crippen molar-refractivity contribution in [2.75, 3.05) is 25.0 Å². The zero-order valence-corrected chi connectivity index (χ0v) is 17.4. The molecular formula is C24H27ClN4. The lowest BCUT2D eigenvalue weighted by atomic mass is 9.93. The van der Waals surface area contributed by atoms with E-state index in [0.29, 0.717) is 5.02 Å². The van der Waals surface area contributed by atoms with Gasteiger partial charge in [0.05, 0.1) is 10.7 Å². The Morgan fingerprint density at radius 3 is 2.38 bits per heavy atom. The number of aromatic nitrogens is 2. The summed E-state index contributed by atoms with van der Waals surface area (Å²) in [6.07, 6.45) is 3.71. The molecule has 0 atom stereocenters. The van der Waals surface area contributed by atoms with Crippen molar-refractivity contribution in [1.29, 1.82) is 0 Å². The van der Waals surface area contributed by atoms with Crippen LogP contribution in [0.25, 0.3) is 11.3 Å². The quantitative estimate of drug-likeness (QED) is 0.561. The van der Waals surface area contributed by atoms with Crippen LogP contribution < -0.4 is 5.32 Å². The summed E-state index contributed by atoms with van der Waals surface area (Å²) in [6, 6.07) is 22.4. The number of rotatable bonds is 7. The molecule has 150 valence electrons. The number of benzene rings is 2.